The Morgan fingerprint density at radius 2 is 2.32 bits per heavy atom. The van der Waals surface area contributed by atoms with Crippen LogP contribution < -0.4 is 5.32 Å². The van der Waals surface area contributed by atoms with E-state index >= 15 is 0 Å². The largest absolute Gasteiger partial charge is 0.439 e. The minimum atomic E-state index is -0.428. The predicted octanol–water partition coefficient (Wildman–Crippen LogP) is 2.87. The highest BCUT2D eigenvalue weighted by Crippen LogP contribution is 2.30. The summed E-state index contributed by atoms with van der Waals surface area (Å²) in [6.07, 6.45) is 1.47. The summed E-state index contributed by atoms with van der Waals surface area (Å²) in [5.41, 5.74) is 0.236. The van der Waals surface area contributed by atoms with E-state index in [0.29, 0.717) is 36.4 Å². The van der Waals surface area contributed by atoms with Gasteiger partial charge < -0.3 is 14.5 Å². The average Bonchev–Trinajstić information content (AvgIpc) is 2.83. The van der Waals surface area contributed by atoms with Crippen molar-refractivity contribution < 1.29 is 13.5 Å². The van der Waals surface area contributed by atoms with Gasteiger partial charge in [-0.05, 0) is 12.1 Å². The molecular weight excluding hydrogens is 271 g/mol. The van der Waals surface area contributed by atoms with Crippen molar-refractivity contribution >= 4 is 11.6 Å². The van der Waals surface area contributed by atoms with Crippen LogP contribution in [0, 0.1) is 5.82 Å². The van der Waals surface area contributed by atoms with E-state index in [-0.39, 0.29) is 5.56 Å². The highest BCUT2D eigenvalue weighted by Gasteiger charge is 2.14. The summed E-state index contributed by atoms with van der Waals surface area (Å²) in [4.78, 5) is 4.08. The Hall–Kier alpha value is -1.43. The molecule has 2 rings (SSSR count). The van der Waals surface area contributed by atoms with Crippen LogP contribution in [0.2, 0.25) is 5.02 Å². The SMILES string of the molecule is COCCNCc1ncc(-c2c(F)cccc2Cl)o1. The molecule has 0 atom stereocenters. The molecule has 1 heterocycles. The number of nitrogens with one attached hydrogen (secondary N) is 1. The lowest BCUT2D eigenvalue weighted by molar-refractivity contribution is 0.198. The van der Waals surface area contributed by atoms with Crippen molar-refractivity contribution in [2.75, 3.05) is 20.3 Å². The zero-order chi connectivity index (χ0) is 13.7. The van der Waals surface area contributed by atoms with Crippen LogP contribution >= 0.6 is 11.6 Å². The molecule has 0 unspecified atom stereocenters. The van der Waals surface area contributed by atoms with Crippen LogP contribution in [0.15, 0.2) is 28.8 Å². The molecular formula is C13H14ClFN2O2. The lowest BCUT2D eigenvalue weighted by atomic mass is 10.2. The van der Waals surface area contributed by atoms with Gasteiger partial charge in [-0.25, -0.2) is 9.37 Å². The first-order chi connectivity index (χ1) is 9.22. The number of hydrogen-bond donors (Lipinski definition) is 1. The second kappa shape index (κ2) is 6.65. The Morgan fingerprint density at radius 3 is 3.05 bits per heavy atom. The molecule has 1 N–H and O–H groups in total. The van der Waals surface area contributed by atoms with E-state index in [2.05, 4.69) is 10.3 Å². The number of oxazole rings is 1. The van der Waals surface area contributed by atoms with E-state index in [9.17, 15) is 4.39 Å². The predicted molar refractivity (Wildman–Crippen MR) is 70.5 cm³/mol. The lowest BCUT2D eigenvalue weighted by Crippen LogP contribution is -2.18. The number of hydrogen-bond acceptors (Lipinski definition) is 4. The van der Waals surface area contributed by atoms with Gasteiger partial charge in [-0.1, -0.05) is 17.7 Å². The Kier molecular flexibility index (Phi) is 4.90. The van der Waals surface area contributed by atoms with Crippen molar-refractivity contribution in [2.45, 2.75) is 6.54 Å². The Morgan fingerprint density at radius 1 is 1.47 bits per heavy atom. The average molecular weight is 285 g/mol. The monoisotopic (exact) mass is 284 g/mol. The van der Waals surface area contributed by atoms with Crippen LogP contribution in [0.4, 0.5) is 4.39 Å². The number of nitrogens with zero attached hydrogens (tertiary/aromatic N) is 1. The van der Waals surface area contributed by atoms with Crippen LogP contribution in [-0.2, 0) is 11.3 Å². The van der Waals surface area contributed by atoms with E-state index in [4.69, 9.17) is 20.8 Å². The van der Waals surface area contributed by atoms with Gasteiger partial charge in [0.1, 0.15) is 5.82 Å². The normalized spacial score (nSPS) is 10.9. The Balaban J connectivity index is 2.08. The van der Waals surface area contributed by atoms with E-state index in [0.717, 1.165) is 0 Å². The zero-order valence-electron chi connectivity index (χ0n) is 10.5. The van der Waals surface area contributed by atoms with Crippen molar-refractivity contribution in [3.05, 3.63) is 41.1 Å². The minimum Gasteiger partial charge on any atom is -0.439 e. The van der Waals surface area contributed by atoms with Crippen molar-refractivity contribution in [3.8, 4) is 11.3 Å². The van der Waals surface area contributed by atoms with Crippen molar-refractivity contribution in [2.24, 2.45) is 0 Å². The Bertz CT molecular complexity index is 525. The van der Waals surface area contributed by atoms with Gasteiger partial charge in [-0.3, -0.25) is 0 Å². The summed E-state index contributed by atoms with van der Waals surface area (Å²) in [5, 5.41) is 3.39. The van der Waals surface area contributed by atoms with Gasteiger partial charge in [0.2, 0.25) is 5.89 Å². The standard InChI is InChI=1S/C13H14ClFN2O2/c1-18-6-5-16-8-12-17-7-11(19-12)13-9(14)3-2-4-10(13)15/h2-4,7,16H,5-6,8H2,1H3. The third-order valence-electron chi connectivity index (χ3n) is 2.52. The molecule has 0 aliphatic rings. The van der Waals surface area contributed by atoms with Gasteiger partial charge in [0.15, 0.2) is 5.76 Å². The number of benzene rings is 1. The fraction of sp³-hybridized carbons (Fsp3) is 0.308. The van der Waals surface area contributed by atoms with Crippen LogP contribution in [0.1, 0.15) is 5.89 Å². The molecule has 2 aromatic rings. The smallest absolute Gasteiger partial charge is 0.208 e. The maximum Gasteiger partial charge on any atom is 0.208 e. The molecule has 0 bridgehead atoms. The highest BCUT2D eigenvalue weighted by atomic mass is 35.5. The fourth-order valence-corrected chi connectivity index (χ4v) is 1.87. The summed E-state index contributed by atoms with van der Waals surface area (Å²) >= 11 is 5.96. The van der Waals surface area contributed by atoms with Gasteiger partial charge in [-0.15, -0.1) is 0 Å². The summed E-state index contributed by atoms with van der Waals surface area (Å²) in [6, 6.07) is 4.49. The van der Waals surface area contributed by atoms with Gasteiger partial charge >= 0.3 is 0 Å². The molecule has 0 aliphatic heterocycles. The second-order valence-corrected chi connectivity index (χ2v) is 4.29. The van der Waals surface area contributed by atoms with Crippen LogP contribution in [-0.4, -0.2) is 25.2 Å². The van der Waals surface area contributed by atoms with E-state index in [1.807, 2.05) is 0 Å². The van der Waals surface area contributed by atoms with Crippen molar-refractivity contribution in [1.82, 2.24) is 10.3 Å². The third kappa shape index (κ3) is 3.53. The topological polar surface area (TPSA) is 47.3 Å². The third-order valence-corrected chi connectivity index (χ3v) is 2.84. The molecule has 0 saturated carbocycles. The first-order valence-corrected chi connectivity index (χ1v) is 6.19. The molecule has 1 aromatic heterocycles. The molecule has 1 aromatic carbocycles. The van der Waals surface area contributed by atoms with Gasteiger partial charge in [0.25, 0.3) is 0 Å². The van der Waals surface area contributed by atoms with Gasteiger partial charge in [0, 0.05) is 13.7 Å². The number of halogens is 2. The fourth-order valence-electron chi connectivity index (χ4n) is 1.61. The van der Waals surface area contributed by atoms with E-state index in [1.54, 1.807) is 19.2 Å². The summed E-state index contributed by atoms with van der Waals surface area (Å²) in [5.74, 6) is 0.375. The number of methoxy groups -OCH3 is 1. The molecule has 6 heteroatoms. The number of rotatable bonds is 6. The first-order valence-electron chi connectivity index (χ1n) is 5.81. The molecule has 102 valence electrons. The number of aromatic nitrogens is 1. The zero-order valence-corrected chi connectivity index (χ0v) is 11.2. The number of ether oxygens (including phenoxy) is 1. The van der Waals surface area contributed by atoms with Crippen molar-refractivity contribution in [3.63, 3.8) is 0 Å². The van der Waals surface area contributed by atoms with Crippen molar-refractivity contribution in [1.29, 1.82) is 0 Å². The maximum atomic E-state index is 13.7. The van der Waals surface area contributed by atoms with Crippen LogP contribution in [0.3, 0.4) is 0 Å². The first kappa shape index (κ1) is 14.0. The lowest BCUT2D eigenvalue weighted by Gasteiger charge is -2.02. The molecule has 4 nitrogen and oxygen atoms in total. The quantitative estimate of drug-likeness (QED) is 0.829. The summed E-state index contributed by atoms with van der Waals surface area (Å²) < 4.78 is 24.1. The van der Waals surface area contributed by atoms with Gasteiger partial charge in [0.05, 0.1) is 29.9 Å². The summed E-state index contributed by atoms with van der Waals surface area (Å²) in [7, 11) is 1.63. The van der Waals surface area contributed by atoms with Crippen LogP contribution in [0.5, 0.6) is 0 Å². The van der Waals surface area contributed by atoms with E-state index < -0.39 is 5.82 Å². The molecule has 19 heavy (non-hydrogen) atoms. The van der Waals surface area contributed by atoms with E-state index in [1.165, 1.54) is 12.3 Å². The maximum absolute atomic E-state index is 13.7. The molecule has 0 radical (unpaired) electrons. The highest BCUT2D eigenvalue weighted by molar-refractivity contribution is 6.33. The molecule has 0 spiro atoms. The molecule has 0 amide bonds. The Labute approximate surface area is 115 Å². The summed E-state index contributed by atoms with van der Waals surface area (Å²) in [6.45, 7) is 1.75. The minimum absolute atomic E-state index is 0.236. The molecule has 0 aliphatic carbocycles. The second-order valence-electron chi connectivity index (χ2n) is 3.88. The molecule has 0 fully saturated rings. The van der Waals surface area contributed by atoms with Crippen LogP contribution in [0.25, 0.3) is 11.3 Å². The van der Waals surface area contributed by atoms with Gasteiger partial charge in [-0.2, -0.15) is 0 Å². The molecule has 0 saturated heterocycles.